The Morgan fingerprint density at radius 3 is 2.89 bits per heavy atom. The second-order valence-corrected chi connectivity index (χ2v) is 4.32. The van der Waals surface area contributed by atoms with E-state index in [-0.39, 0.29) is 12.2 Å². The smallest absolute Gasteiger partial charge is 0.186 e. The molecular weight excluding hydrogens is 252 g/mol. The van der Waals surface area contributed by atoms with Gasteiger partial charge in [-0.2, -0.15) is 5.10 Å². The van der Waals surface area contributed by atoms with Crippen LogP contribution in [0.1, 0.15) is 16.1 Å². The molecule has 94 valence electrons. The molecule has 0 radical (unpaired) electrons. The summed E-state index contributed by atoms with van der Waals surface area (Å²) in [4.78, 5) is 12.1. The average molecular weight is 265 g/mol. The maximum atomic E-state index is 12.1. The molecule has 0 fully saturated rings. The van der Waals surface area contributed by atoms with E-state index >= 15 is 0 Å². The number of nitrogens with zero attached hydrogens (tertiary/aromatic N) is 2. The first-order chi connectivity index (χ1) is 8.61. The molecular formula is C13H13ClN2O2. The predicted octanol–water partition coefficient (Wildman–Crippen LogP) is 2.51. The number of rotatable bonds is 4. The van der Waals surface area contributed by atoms with Crippen molar-refractivity contribution in [1.29, 1.82) is 0 Å². The number of aryl methyl sites for hydroxylation is 1. The van der Waals surface area contributed by atoms with E-state index < -0.39 is 0 Å². The lowest BCUT2D eigenvalue weighted by molar-refractivity contribution is 0.0984. The third-order valence-corrected chi connectivity index (χ3v) is 2.93. The number of methoxy groups -OCH3 is 1. The highest BCUT2D eigenvalue weighted by molar-refractivity contribution is 6.33. The lowest BCUT2D eigenvalue weighted by atomic mass is 10.1. The molecule has 1 heterocycles. The summed E-state index contributed by atoms with van der Waals surface area (Å²) in [6.45, 7) is 0. The Morgan fingerprint density at radius 1 is 1.50 bits per heavy atom. The maximum absolute atomic E-state index is 12.1. The summed E-state index contributed by atoms with van der Waals surface area (Å²) < 4.78 is 6.61. The molecule has 0 aliphatic carbocycles. The molecule has 0 bridgehead atoms. The van der Waals surface area contributed by atoms with Crippen molar-refractivity contribution < 1.29 is 9.53 Å². The molecule has 0 amide bonds. The Kier molecular flexibility index (Phi) is 3.67. The number of ether oxygens (including phenoxy) is 1. The number of hydrogen-bond acceptors (Lipinski definition) is 3. The van der Waals surface area contributed by atoms with Gasteiger partial charge >= 0.3 is 0 Å². The average Bonchev–Trinajstić information content (AvgIpc) is 2.69. The van der Waals surface area contributed by atoms with Gasteiger partial charge in [0.1, 0.15) is 11.4 Å². The predicted molar refractivity (Wildman–Crippen MR) is 69.2 cm³/mol. The lowest BCUT2D eigenvalue weighted by Gasteiger charge is -2.05. The lowest BCUT2D eigenvalue weighted by Crippen LogP contribution is -2.10. The molecule has 0 atom stereocenters. The second kappa shape index (κ2) is 5.23. The number of hydrogen-bond donors (Lipinski definition) is 0. The zero-order valence-electron chi connectivity index (χ0n) is 10.2. The van der Waals surface area contributed by atoms with Crippen LogP contribution >= 0.6 is 11.6 Å². The molecule has 1 aromatic heterocycles. The van der Waals surface area contributed by atoms with Gasteiger partial charge in [-0.3, -0.25) is 9.48 Å². The van der Waals surface area contributed by atoms with Crippen molar-refractivity contribution >= 4 is 17.4 Å². The largest absolute Gasteiger partial charge is 0.497 e. The van der Waals surface area contributed by atoms with Crippen molar-refractivity contribution in [2.75, 3.05) is 7.11 Å². The highest BCUT2D eigenvalue weighted by Crippen LogP contribution is 2.18. The fourth-order valence-corrected chi connectivity index (χ4v) is 2.05. The van der Waals surface area contributed by atoms with Crippen molar-refractivity contribution in [3.63, 3.8) is 0 Å². The van der Waals surface area contributed by atoms with Crippen LogP contribution in [-0.2, 0) is 13.5 Å². The first-order valence-corrected chi connectivity index (χ1v) is 5.83. The van der Waals surface area contributed by atoms with E-state index in [2.05, 4.69) is 5.10 Å². The van der Waals surface area contributed by atoms with Crippen molar-refractivity contribution in [3.05, 3.63) is 46.7 Å². The fraction of sp³-hybridized carbons (Fsp3) is 0.231. The number of halogens is 1. The molecule has 0 aliphatic heterocycles. The number of Topliss-reactive ketones (excluding diaryl/α,β-unsaturated/α-hetero) is 1. The van der Waals surface area contributed by atoms with Crippen LogP contribution in [0.25, 0.3) is 0 Å². The molecule has 18 heavy (non-hydrogen) atoms. The van der Waals surface area contributed by atoms with Gasteiger partial charge in [0.05, 0.1) is 18.3 Å². The Morgan fingerprint density at radius 2 is 2.28 bits per heavy atom. The first kappa shape index (κ1) is 12.6. The van der Waals surface area contributed by atoms with Crippen molar-refractivity contribution in [1.82, 2.24) is 9.78 Å². The number of benzene rings is 1. The van der Waals surface area contributed by atoms with Crippen LogP contribution in [0.4, 0.5) is 0 Å². The Balaban J connectivity index is 2.21. The third kappa shape index (κ3) is 2.54. The monoisotopic (exact) mass is 264 g/mol. The van der Waals surface area contributed by atoms with E-state index in [1.165, 1.54) is 10.9 Å². The maximum Gasteiger partial charge on any atom is 0.186 e. The molecule has 1 aromatic carbocycles. The summed E-state index contributed by atoms with van der Waals surface area (Å²) in [5, 5.41) is 4.33. The molecule has 2 rings (SSSR count). The highest BCUT2D eigenvalue weighted by atomic mass is 35.5. The molecule has 0 N–H and O–H groups in total. The standard InChI is InChI=1S/C13H13ClN2O2/c1-16-13(11(14)8-15-16)12(17)7-9-4-3-5-10(6-9)18-2/h3-6,8H,7H2,1-2H3. The molecule has 2 aromatic rings. The van der Waals surface area contributed by atoms with E-state index in [0.29, 0.717) is 10.7 Å². The Labute approximate surface area is 110 Å². The topological polar surface area (TPSA) is 44.1 Å². The second-order valence-electron chi connectivity index (χ2n) is 3.92. The summed E-state index contributed by atoms with van der Waals surface area (Å²) in [5.41, 5.74) is 1.32. The van der Waals surface area contributed by atoms with E-state index in [4.69, 9.17) is 16.3 Å². The summed E-state index contributed by atoms with van der Waals surface area (Å²) in [6, 6.07) is 7.41. The minimum absolute atomic E-state index is 0.0618. The molecule has 5 heteroatoms. The van der Waals surface area contributed by atoms with Crippen molar-refractivity contribution in [2.45, 2.75) is 6.42 Å². The molecule has 0 aliphatic rings. The van der Waals surface area contributed by atoms with Gasteiger partial charge in [0.25, 0.3) is 0 Å². The van der Waals surface area contributed by atoms with Gasteiger partial charge in [-0.1, -0.05) is 23.7 Å². The van der Waals surface area contributed by atoms with Gasteiger partial charge in [-0.15, -0.1) is 0 Å². The minimum Gasteiger partial charge on any atom is -0.497 e. The minimum atomic E-state index is -0.0618. The van der Waals surface area contributed by atoms with Crippen LogP contribution in [0, 0.1) is 0 Å². The molecule has 4 nitrogen and oxygen atoms in total. The molecule has 0 saturated carbocycles. The van der Waals surface area contributed by atoms with Gasteiger partial charge in [-0.05, 0) is 17.7 Å². The van der Waals surface area contributed by atoms with E-state index in [0.717, 1.165) is 11.3 Å². The SMILES string of the molecule is COc1cccc(CC(=O)c2c(Cl)cnn2C)c1. The Bertz CT molecular complexity index is 559. The summed E-state index contributed by atoms with van der Waals surface area (Å²) in [5.74, 6) is 0.671. The van der Waals surface area contributed by atoms with E-state index in [9.17, 15) is 4.79 Å². The number of carbonyl (C=O) groups is 1. The van der Waals surface area contributed by atoms with Crippen LogP contribution in [0.3, 0.4) is 0 Å². The summed E-state index contributed by atoms with van der Waals surface area (Å²) in [7, 11) is 3.30. The normalized spacial score (nSPS) is 10.4. The summed E-state index contributed by atoms with van der Waals surface area (Å²) >= 11 is 5.94. The molecule has 0 unspecified atom stereocenters. The number of ketones is 1. The first-order valence-electron chi connectivity index (χ1n) is 5.45. The van der Waals surface area contributed by atoms with Crippen LogP contribution in [0.5, 0.6) is 5.75 Å². The van der Waals surface area contributed by atoms with Crippen molar-refractivity contribution in [2.24, 2.45) is 7.05 Å². The Hall–Kier alpha value is -1.81. The van der Waals surface area contributed by atoms with Crippen LogP contribution in [-0.4, -0.2) is 22.7 Å². The van der Waals surface area contributed by atoms with Gasteiger partial charge in [0.2, 0.25) is 0 Å². The zero-order chi connectivity index (χ0) is 13.1. The third-order valence-electron chi connectivity index (χ3n) is 2.66. The molecule has 0 spiro atoms. The van der Waals surface area contributed by atoms with Crippen LogP contribution in [0.15, 0.2) is 30.5 Å². The van der Waals surface area contributed by atoms with Crippen molar-refractivity contribution in [3.8, 4) is 5.75 Å². The van der Waals surface area contributed by atoms with Crippen LogP contribution < -0.4 is 4.74 Å². The van der Waals surface area contributed by atoms with E-state index in [1.54, 1.807) is 14.2 Å². The highest BCUT2D eigenvalue weighted by Gasteiger charge is 2.16. The summed E-state index contributed by atoms with van der Waals surface area (Å²) in [6.07, 6.45) is 1.75. The van der Waals surface area contributed by atoms with Crippen LogP contribution in [0.2, 0.25) is 5.02 Å². The molecule has 0 saturated heterocycles. The zero-order valence-corrected chi connectivity index (χ0v) is 10.9. The fourth-order valence-electron chi connectivity index (χ4n) is 1.78. The number of carbonyl (C=O) groups excluding carboxylic acids is 1. The van der Waals surface area contributed by atoms with Gasteiger partial charge in [0, 0.05) is 13.5 Å². The van der Waals surface area contributed by atoms with Gasteiger partial charge < -0.3 is 4.74 Å². The number of aromatic nitrogens is 2. The van der Waals surface area contributed by atoms with Gasteiger partial charge in [-0.25, -0.2) is 0 Å². The van der Waals surface area contributed by atoms with E-state index in [1.807, 2.05) is 24.3 Å². The quantitative estimate of drug-likeness (QED) is 0.797. The van der Waals surface area contributed by atoms with Gasteiger partial charge in [0.15, 0.2) is 5.78 Å².